The Hall–Kier alpha value is -1.59. The molecule has 2 unspecified atom stereocenters. The smallest absolute Gasteiger partial charge is 0.311 e. The summed E-state index contributed by atoms with van der Waals surface area (Å²) in [7, 11) is 1.58. The van der Waals surface area contributed by atoms with E-state index in [-0.39, 0.29) is 19.1 Å². The normalized spacial score (nSPS) is 22.2. The van der Waals surface area contributed by atoms with Crippen LogP contribution in [0, 0.1) is 5.92 Å². The van der Waals surface area contributed by atoms with Gasteiger partial charge in [0.25, 0.3) is 5.91 Å². The van der Waals surface area contributed by atoms with Gasteiger partial charge in [0.15, 0.2) is 0 Å². The molecule has 1 N–H and O–H groups in total. The number of hydrogen-bond donors (Lipinski definition) is 1. The summed E-state index contributed by atoms with van der Waals surface area (Å²) in [6.45, 7) is 0.368. The molecule has 2 rings (SSSR count). The first-order chi connectivity index (χ1) is 9.00. The minimum absolute atomic E-state index is 0.132. The van der Waals surface area contributed by atoms with Gasteiger partial charge in [0.2, 0.25) is 0 Å². The molecule has 19 heavy (non-hydrogen) atoms. The predicted octanol–water partition coefficient (Wildman–Crippen LogP) is 1.51. The van der Waals surface area contributed by atoms with Crippen LogP contribution >= 0.6 is 11.6 Å². The second-order valence-corrected chi connectivity index (χ2v) is 4.91. The number of halogens is 1. The molecule has 5 nitrogen and oxygen atoms in total. The molecule has 2 atom stereocenters. The molecule has 0 spiro atoms. The van der Waals surface area contributed by atoms with Crippen molar-refractivity contribution in [3.8, 4) is 0 Å². The first-order valence-corrected chi connectivity index (χ1v) is 6.22. The predicted molar refractivity (Wildman–Crippen MR) is 69.3 cm³/mol. The van der Waals surface area contributed by atoms with Crippen molar-refractivity contribution in [1.82, 2.24) is 4.90 Å². The highest BCUT2D eigenvalue weighted by molar-refractivity contribution is 6.30. The van der Waals surface area contributed by atoms with Crippen molar-refractivity contribution in [2.75, 3.05) is 20.3 Å². The fourth-order valence-corrected chi connectivity index (χ4v) is 2.33. The molecule has 1 amide bonds. The van der Waals surface area contributed by atoms with E-state index < -0.39 is 17.9 Å². The summed E-state index contributed by atoms with van der Waals surface area (Å²) in [5, 5.41) is 9.56. The number of carboxylic acids is 1. The Morgan fingerprint density at radius 1 is 1.42 bits per heavy atom. The molecule has 6 heteroatoms. The molecule has 102 valence electrons. The summed E-state index contributed by atoms with van der Waals surface area (Å²) in [4.78, 5) is 24.8. The Morgan fingerprint density at radius 2 is 2.16 bits per heavy atom. The number of nitrogens with zero attached hydrogens (tertiary/aromatic N) is 1. The van der Waals surface area contributed by atoms with Gasteiger partial charge in [-0.2, -0.15) is 0 Å². The van der Waals surface area contributed by atoms with Crippen LogP contribution in [0.15, 0.2) is 24.3 Å². The van der Waals surface area contributed by atoms with Gasteiger partial charge >= 0.3 is 5.97 Å². The Labute approximate surface area is 115 Å². The van der Waals surface area contributed by atoms with Gasteiger partial charge in [-0.05, 0) is 18.2 Å². The zero-order valence-electron chi connectivity index (χ0n) is 10.4. The van der Waals surface area contributed by atoms with Crippen LogP contribution in [0.25, 0.3) is 0 Å². The lowest BCUT2D eigenvalue weighted by Crippen LogP contribution is -2.44. The number of carbonyl (C=O) groups is 2. The van der Waals surface area contributed by atoms with E-state index >= 15 is 0 Å². The SMILES string of the molecule is CN(C(=O)c1cccc(Cl)c1)C1COCC1C(=O)O. The zero-order chi connectivity index (χ0) is 14.0. The second-order valence-electron chi connectivity index (χ2n) is 4.48. The van der Waals surface area contributed by atoms with Crippen molar-refractivity contribution in [2.24, 2.45) is 5.92 Å². The average Bonchev–Trinajstić information content (AvgIpc) is 2.86. The first kappa shape index (κ1) is 13.8. The fourth-order valence-electron chi connectivity index (χ4n) is 2.14. The van der Waals surface area contributed by atoms with Crippen LogP contribution in [0.1, 0.15) is 10.4 Å². The topological polar surface area (TPSA) is 66.8 Å². The maximum absolute atomic E-state index is 12.3. The lowest BCUT2D eigenvalue weighted by molar-refractivity contribution is -0.142. The summed E-state index contributed by atoms with van der Waals surface area (Å²) >= 11 is 5.84. The van der Waals surface area contributed by atoms with E-state index in [1.165, 1.54) is 4.90 Å². The summed E-state index contributed by atoms with van der Waals surface area (Å²) in [5.74, 6) is -1.90. The van der Waals surface area contributed by atoms with Crippen LogP contribution in [0.3, 0.4) is 0 Å². The number of aliphatic carboxylic acids is 1. The van der Waals surface area contributed by atoms with Gasteiger partial charge in [-0.15, -0.1) is 0 Å². The molecule has 0 aromatic heterocycles. The van der Waals surface area contributed by atoms with Crippen molar-refractivity contribution in [3.63, 3.8) is 0 Å². The van der Waals surface area contributed by atoms with Crippen molar-refractivity contribution >= 4 is 23.5 Å². The van der Waals surface area contributed by atoms with E-state index in [0.29, 0.717) is 10.6 Å². The largest absolute Gasteiger partial charge is 0.481 e. The van der Waals surface area contributed by atoms with Crippen LogP contribution in [-0.2, 0) is 9.53 Å². The van der Waals surface area contributed by atoms with E-state index in [9.17, 15) is 9.59 Å². The van der Waals surface area contributed by atoms with Gasteiger partial charge in [0, 0.05) is 17.6 Å². The first-order valence-electron chi connectivity index (χ1n) is 5.84. The number of hydrogen-bond acceptors (Lipinski definition) is 3. The summed E-state index contributed by atoms with van der Waals surface area (Å²) < 4.78 is 5.16. The molecule has 1 saturated heterocycles. The number of likely N-dealkylation sites (N-methyl/N-ethyl adjacent to an activating group) is 1. The van der Waals surface area contributed by atoms with E-state index in [4.69, 9.17) is 21.4 Å². The van der Waals surface area contributed by atoms with Crippen LogP contribution in [0.4, 0.5) is 0 Å². The number of carboxylic acid groups (broad SMARTS) is 1. The molecule has 1 aromatic carbocycles. The molecule has 0 bridgehead atoms. The van der Waals surface area contributed by atoms with Gasteiger partial charge in [0.1, 0.15) is 5.92 Å². The molecule has 1 fully saturated rings. The molecule has 0 aliphatic carbocycles. The van der Waals surface area contributed by atoms with Crippen LogP contribution in [-0.4, -0.2) is 48.2 Å². The number of ether oxygens (including phenoxy) is 1. The molecule has 1 aliphatic rings. The molecular weight excluding hydrogens is 270 g/mol. The number of benzene rings is 1. The molecule has 1 heterocycles. The van der Waals surface area contributed by atoms with Crippen molar-refractivity contribution in [3.05, 3.63) is 34.9 Å². The minimum atomic E-state index is -0.951. The van der Waals surface area contributed by atoms with E-state index in [1.54, 1.807) is 31.3 Å². The zero-order valence-corrected chi connectivity index (χ0v) is 11.1. The maximum Gasteiger partial charge on any atom is 0.311 e. The molecular formula is C13H14ClNO4. The maximum atomic E-state index is 12.3. The Balaban J connectivity index is 2.17. The summed E-state index contributed by atoms with van der Waals surface area (Å²) in [5.41, 5.74) is 0.436. The number of rotatable bonds is 3. The van der Waals surface area contributed by atoms with E-state index in [2.05, 4.69) is 0 Å². The Morgan fingerprint density at radius 3 is 2.79 bits per heavy atom. The summed E-state index contributed by atoms with van der Waals surface area (Å²) in [6, 6.07) is 6.12. The average molecular weight is 284 g/mol. The third kappa shape index (κ3) is 2.88. The van der Waals surface area contributed by atoms with E-state index in [0.717, 1.165) is 0 Å². The lowest BCUT2D eigenvalue weighted by Gasteiger charge is -2.26. The lowest BCUT2D eigenvalue weighted by atomic mass is 10.0. The minimum Gasteiger partial charge on any atom is -0.481 e. The molecule has 1 aromatic rings. The van der Waals surface area contributed by atoms with Gasteiger partial charge in [0.05, 0.1) is 19.3 Å². The van der Waals surface area contributed by atoms with Crippen LogP contribution < -0.4 is 0 Å². The fraction of sp³-hybridized carbons (Fsp3) is 0.385. The van der Waals surface area contributed by atoms with Crippen molar-refractivity contribution in [1.29, 1.82) is 0 Å². The highest BCUT2D eigenvalue weighted by atomic mass is 35.5. The number of carbonyl (C=O) groups excluding carboxylic acids is 1. The second kappa shape index (κ2) is 5.59. The van der Waals surface area contributed by atoms with Gasteiger partial charge in [-0.25, -0.2) is 0 Å². The van der Waals surface area contributed by atoms with Gasteiger partial charge in [-0.3, -0.25) is 9.59 Å². The van der Waals surface area contributed by atoms with E-state index in [1.807, 2.05) is 0 Å². The third-order valence-corrected chi connectivity index (χ3v) is 3.49. The monoisotopic (exact) mass is 283 g/mol. The van der Waals surface area contributed by atoms with Gasteiger partial charge < -0.3 is 14.7 Å². The summed E-state index contributed by atoms with van der Waals surface area (Å²) in [6.07, 6.45) is 0. The standard InChI is InChI=1S/C13H14ClNO4/c1-15(11-7-19-6-10(11)13(17)18)12(16)8-3-2-4-9(14)5-8/h2-5,10-11H,6-7H2,1H3,(H,17,18). The number of amides is 1. The van der Waals surface area contributed by atoms with Crippen LogP contribution in [0.2, 0.25) is 5.02 Å². The Kier molecular flexibility index (Phi) is 4.07. The highest BCUT2D eigenvalue weighted by Crippen LogP contribution is 2.21. The quantitative estimate of drug-likeness (QED) is 0.913. The third-order valence-electron chi connectivity index (χ3n) is 3.26. The van der Waals surface area contributed by atoms with Crippen LogP contribution in [0.5, 0.6) is 0 Å². The Bertz CT molecular complexity index is 505. The highest BCUT2D eigenvalue weighted by Gasteiger charge is 2.38. The van der Waals surface area contributed by atoms with Crippen molar-refractivity contribution in [2.45, 2.75) is 6.04 Å². The molecule has 0 radical (unpaired) electrons. The van der Waals surface area contributed by atoms with Gasteiger partial charge in [-0.1, -0.05) is 17.7 Å². The molecule has 1 aliphatic heterocycles. The van der Waals surface area contributed by atoms with Crippen molar-refractivity contribution < 1.29 is 19.4 Å². The molecule has 0 saturated carbocycles.